The molecule has 33 heavy (non-hydrogen) atoms. The van der Waals surface area contributed by atoms with Crippen LogP contribution in [0.1, 0.15) is 61.4 Å². The van der Waals surface area contributed by atoms with Crippen LogP contribution in [0.15, 0.2) is 41.2 Å². The van der Waals surface area contributed by atoms with Crippen molar-refractivity contribution < 1.29 is 9.32 Å². The van der Waals surface area contributed by atoms with Crippen molar-refractivity contribution in [3.63, 3.8) is 0 Å². The lowest BCUT2D eigenvalue weighted by Gasteiger charge is -2.31. The first-order valence-corrected chi connectivity index (χ1v) is 11.4. The van der Waals surface area contributed by atoms with E-state index in [9.17, 15) is 4.79 Å². The highest BCUT2D eigenvalue weighted by molar-refractivity contribution is 5.90. The number of carbonyl (C=O) groups excluding carboxylic acids is 1. The Morgan fingerprint density at radius 3 is 2.64 bits per heavy atom. The van der Waals surface area contributed by atoms with Crippen LogP contribution in [0.5, 0.6) is 0 Å². The molecule has 1 fully saturated rings. The molecule has 1 aliphatic rings. The second-order valence-electron chi connectivity index (χ2n) is 9.57. The average Bonchev–Trinajstić information content (AvgIpc) is 3.31. The fraction of sp³-hybridized carbons (Fsp3) is 0.440. The van der Waals surface area contributed by atoms with E-state index >= 15 is 0 Å². The quantitative estimate of drug-likeness (QED) is 0.615. The molecule has 4 rings (SSSR count). The Hall–Kier alpha value is -3.26. The Labute approximate surface area is 194 Å². The highest BCUT2D eigenvalue weighted by Gasteiger charge is 2.25. The minimum Gasteiger partial charge on any atom is -0.367 e. The van der Waals surface area contributed by atoms with Crippen LogP contribution in [0.4, 0.5) is 5.69 Å². The topological polar surface area (TPSA) is 96.2 Å². The van der Waals surface area contributed by atoms with Crippen molar-refractivity contribution in [2.75, 3.05) is 31.1 Å². The summed E-state index contributed by atoms with van der Waals surface area (Å²) in [6.07, 6.45) is 3.79. The van der Waals surface area contributed by atoms with Crippen molar-refractivity contribution in [2.24, 2.45) is 0 Å². The molecule has 2 N–H and O–H groups in total. The molecule has 0 aliphatic carbocycles. The number of carbonyl (C=O) groups is 1. The van der Waals surface area contributed by atoms with E-state index in [0.29, 0.717) is 5.89 Å². The molecule has 1 aromatic carbocycles. The molecule has 0 saturated carbocycles. The average molecular weight is 449 g/mol. The third-order valence-electron chi connectivity index (χ3n) is 5.92. The van der Waals surface area contributed by atoms with Crippen LogP contribution in [0.3, 0.4) is 0 Å². The summed E-state index contributed by atoms with van der Waals surface area (Å²) in [5, 5.41) is 10.2. The molecule has 8 nitrogen and oxygen atoms in total. The molecule has 1 amide bonds. The van der Waals surface area contributed by atoms with E-state index in [2.05, 4.69) is 61.8 Å². The summed E-state index contributed by atoms with van der Waals surface area (Å²) in [5.41, 5.74) is 5.30. The summed E-state index contributed by atoms with van der Waals surface area (Å²) >= 11 is 0. The number of nitrogens with zero attached hydrogens (tertiary/aromatic N) is 4. The van der Waals surface area contributed by atoms with E-state index in [4.69, 9.17) is 4.52 Å². The van der Waals surface area contributed by atoms with Gasteiger partial charge in [0.15, 0.2) is 0 Å². The molecule has 0 spiro atoms. The number of benzene rings is 1. The van der Waals surface area contributed by atoms with Crippen molar-refractivity contribution in [2.45, 2.75) is 46.1 Å². The predicted octanol–water partition coefficient (Wildman–Crippen LogP) is 3.64. The molecule has 0 unspecified atom stereocenters. The largest absolute Gasteiger partial charge is 0.367 e. The van der Waals surface area contributed by atoms with Gasteiger partial charge in [0.1, 0.15) is 0 Å². The van der Waals surface area contributed by atoms with Gasteiger partial charge >= 0.3 is 0 Å². The molecule has 174 valence electrons. The highest BCUT2D eigenvalue weighted by atomic mass is 16.5. The van der Waals surface area contributed by atoms with Crippen molar-refractivity contribution in [3.05, 3.63) is 59.5 Å². The Morgan fingerprint density at radius 2 is 1.97 bits per heavy atom. The molecular weight excluding hydrogens is 416 g/mol. The van der Waals surface area contributed by atoms with Gasteiger partial charge in [-0.3, -0.25) is 9.78 Å². The molecule has 1 aliphatic heterocycles. The van der Waals surface area contributed by atoms with Gasteiger partial charge in [-0.2, -0.15) is 4.98 Å². The van der Waals surface area contributed by atoms with E-state index < -0.39 is 0 Å². The van der Waals surface area contributed by atoms with Gasteiger partial charge in [0.05, 0.1) is 17.9 Å². The summed E-state index contributed by atoms with van der Waals surface area (Å²) in [4.78, 5) is 23.7. The Kier molecular flexibility index (Phi) is 6.47. The third kappa shape index (κ3) is 5.06. The van der Waals surface area contributed by atoms with Crippen LogP contribution in [0.2, 0.25) is 0 Å². The number of aryl methyl sites for hydroxylation is 1. The summed E-state index contributed by atoms with van der Waals surface area (Å²) in [5.74, 6) is 0.150. The third-order valence-corrected chi connectivity index (χ3v) is 5.92. The molecule has 1 saturated heterocycles. The van der Waals surface area contributed by atoms with Crippen LogP contribution >= 0.6 is 0 Å². The molecular formula is C25H32N6O2. The van der Waals surface area contributed by atoms with Crippen LogP contribution < -0.4 is 15.5 Å². The second-order valence-corrected chi connectivity index (χ2v) is 9.57. The number of rotatable bonds is 5. The number of anilines is 1. The van der Waals surface area contributed by atoms with Crippen LogP contribution in [-0.2, 0) is 5.41 Å². The lowest BCUT2D eigenvalue weighted by molar-refractivity contribution is 0.0926. The maximum absolute atomic E-state index is 12.7. The first-order valence-electron chi connectivity index (χ1n) is 11.4. The molecule has 3 heterocycles. The Balaban J connectivity index is 1.52. The fourth-order valence-corrected chi connectivity index (χ4v) is 4.08. The fourth-order valence-electron chi connectivity index (χ4n) is 4.08. The van der Waals surface area contributed by atoms with Gasteiger partial charge < -0.3 is 20.1 Å². The first kappa shape index (κ1) is 22.9. The van der Waals surface area contributed by atoms with Crippen molar-refractivity contribution in [3.8, 4) is 11.1 Å². The Morgan fingerprint density at radius 1 is 1.21 bits per heavy atom. The van der Waals surface area contributed by atoms with E-state index in [1.807, 2.05) is 40.1 Å². The summed E-state index contributed by atoms with van der Waals surface area (Å²) < 4.78 is 5.25. The number of aromatic nitrogens is 3. The number of amides is 1. The van der Waals surface area contributed by atoms with Gasteiger partial charge in [-0.25, -0.2) is 0 Å². The number of hydrogen-bond donors (Lipinski definition) is 2. The van der Waals surface area contributed by atoms with Gasteiger partial charge in [-0.1, -0.05) is 44.1 Å². The zero-order valence-electron chi connectivity index (χ0n) is 20.0. The summed E-state index contributed by atoms with van der Waals surface area (Å²) in [7, 11) is 0. The maximum atomic E-state index is 12.7. The molecule has 2 aromatic heterocycles. The minimum atomic E-state index is -0.347. The molecule has 3 aromatic rings. The number of pyridine rings is 1. The summed E-state index contributed by atoms with van der Waals surface area (Å²) in [6.45, 7) is 13.8. The van der Waals surface area contributed by atoms with E-state index in [1.54, 1.807) is 0 Å². The van der Waals surface area contributed by atoms with Crippen LogP contribution in [0.25, 0.3) is 11.1 Å². The zero-order valence-corrected chi connectivity index (χ0v) is 20.0. The van der Waals surface area contributed by atoms with Crippen molar-refractivity contribution in [1.82, 2.24) is 25.8 Å². The van der Waals surface area contributed by atoms with Gasteiger partial charge in [-0.15, -0.1) is 0 Å². The number of hydrogen-bond acceptors (Lipinski definition) is 7. The second kappa shape index (κ2) is 9.31. The number of nitrogens with one attached hydrogen (secondary N) is 2. The van der Waals surface area contributed by atoms with Gasteiger partial charge in [-0.05, 0) is 36.6 Å². The monoisotopic (exact) mass is 448 g/mol. The van der Waals surface area contributed by atoms with E-state index in [-0.39, 0.29) is 23.2 Å². The lowest BCUT2D eigenvalue weighted by atomic mass is 9.96. The van der Waals surface area contributed by atoms with Gasteiger partial charge in [0.25, 0.3) is 11.7 Å². The SMILES string of the molecule is Cc1cc(-c2ccncc2N2CCNCC2)ccc1[C@@H](C)NC(=O)c1noc(C(C)(C)C)n1. The molecule has 0 bridgehead atoms. The summed E-state index contributed by atoms with van der Waals surface area (Å²) in [6, 6.07) is 8.23. The normalized spacial score (nSPS) is 15.4. The van der Waals surface area contributed by atoms with Gasteiger partial charge in [0, 0.05) is 43.4 Å². The maximum Gasteiger partial charge on any atom is 0.293 e. The van der Waals surface area contributed by atoms with Gasteiger partial charge in [0.2, 0.25) is 5.89 Å². The smallest absolute Gasteiger partial charge is 0.293 e. The molecule has 1 atom stereocenters. The van der Waals surface area contributed by atoms with Crippen LogP contribution in [0, 0.1) is 6.92 Å². The standard InChI is InChI=1S/C25H32N6O2/c1-16-14-18(20-8-9-27-15-21(20)31-12-10-26-11-13-31)6-7-19(16)17(2)28-23(32)22-29-24(33-30-22)25(3,4)5/h6-9,14-15,17,26H,10-13H2,1-5H3,(H,28,32)/t17-/m1/s1. The highest BCUT2D eigenvalue weighted by Crippen LogP contribution is 2.32. The molecule has 0 radical (unpaired) electrons. The molecule has 8 heteroatoms. The first-order chi connectivity index (χ1) is 15.7. The lowest BCUT2D eigenvalue weighted by Crippen LogP contribution is -2.43. The van der Waals surface area contributed by atoms with Crippen LogP contribution in [-0.4, -0.2) is 47.2 Å². The van der Waals surface area contributed by atoms with E-state index in [1.165, 1.54) is 5.56 Å². The van der Waals surface area contributed by atoms with Crippen molar-refractivity contribution in [1.29, 1.82) is 0 Å². The van der Waals surface area contributed by atoms with Crippen molar-refractivity contribution >= 4 is 11.6 Å². The zero-order chi connectivity index (χ0) is 23.6. The Bertz CT molecular complexity index is 1130. The van der Waals surface area contributed by atoms with E-state index in [0.717, 1.165) is 48.6 Å². The minimum absolute atomic E-state index is 0.0542. The number of piperazine rings is 1. The predicted molar refractivity (Wildman–Crippen MR) is 128 cm³/mol.